The number of carbonyl (C=O) groups is 2. The highest BCUT2D eigenvalue weighted by atomic mass is 16.2. The number of piperazine rings is 1. The van der Waals surface area contributed by atoms with E-state index in [-0.39, 0.29) is 11.8 Å². The summed E-state index contributed by atoms with van der Waals surface area (Å²) in [6.07, 6.45) is 0.859. The first kappa shape index (κ1) is 16.2. The van der Waals surface area contributed by atoms with Crippen molar-refractivity contribution in [3.05, 3.63) is 71.8 Å². The van der Waals surface area contributed by atoms with Gasteiger partial charge >= 0.3 is 0 Å². The number of hydrogen-bond acceptors (Lipinski definition) is 2. The second-order valence-electron chi connectivity index (χ2n) is 6.09. The van der Waals surface area contributed by atoms with Crippen LogP contribution < -0.4 is 0 Å². The molecule has 0 bridgehead atoms. The largest absolute Gasteiger partial charge is 0.339 e. The van der Waals surface area contributed by atoms with Crippen molar-refractivity contribution in [2.75, 3.05) is 26.2 Å². The minimum absolute atomic E-state index is 0.136. The van der Waals surface area contributed by atoms with Crippen molar-refractivity contribution >= 4 is 11.8 Å². The second-order valence-corrected chi connectivity index (χ2v) is 6.09. The Morgan fingerprint density at radius 2 is 0.958 bits per heavy atom. The molecular formula is C20H22N2O2. The van der Waals surface area contributed by atoms with Gasteiger partial charge in [0.1, 0.15) is 0 Å². The lowest BCUT2D eigenvalue weighted by atomic mass is 10.1. The lowest BCUT2D eigenvalue weighted by molar-refractivity contribution is -0.138. The molecule has 1 heterocycles. The summed E-state index contributed by atoms with van der Waals surface area (Å²) in [6, 6.07) is 19.6. The van der Waals surface area contributed by atoms with Crippen molar-refractivity contribution in [2.45, 2.75) is 12.8 Å². The van der Waals surface area contributed by atoms with Crippen LogP contribution in [0.25, 0.3) is 0 Å². The van der Waals surface area contributed by atoms with Crippen LogP contribution in [0.2, 0.25) is 0 Å². The number of nitrogens with zero attached hydrogens (tertiary/aromatic N) is 2. The molecule has 0 radical (unpaired) electrons. The minimum Gasteiger partial charge on any atom is -0.339 e. The Morgan fingerprint density at radius 1 is 0.625 bits per heavy atom. The summed E-state index contributed by atoms with van der Waals surface area (Å²) in [5.41, 5.74) is 2.06. The third-order valence-corrected chi connectivity index (χ3v) is 4.38. The van der Waals surface area contributed by atoms with Crippen LogP contribution in [0, 0.1) is 0 Å². The van der Waals surface area contributed by atoms with Crippen molar-refractivity contribution in [3.8, 4) is 0 Å². The van der Waals surface area contributed by atoms with Gasteiger partial charge in [-0.15, -0.1) is 0 Å². The molecule has 1 saturated heterocycles. The van der Waals surface area contributed by atoms with Crippen LogP contribution in [0.3, 0.4) is 0 Å². The van der Waals surface area contributed by atoms with Crippen molar-refractivity contribution in [1.82, 2.24) is 9.80 Å². The van der Waals surface area contributed by atoms with E-state index in [4.69, 9.17) is 0 Å². The third-order valence-electron chi connectivity index (χ3n) is 4.38. The molecule has 4 nitrogen and oxygen atoms in total. The first-order valence-corrected chi connectivity index (χ1v) is 8.36. The average Bonchev–Trinajstić information content (AvgIpc) is 2.63. The summed E-state index contributed by atoms with van der Waals surface area (Å²) in [6.45, 7) is 2.47. The van der Waals surface area contributed by atoms with E-state index in [0.717, 1.165) is 11.1 Å². The predicted molar refractivity (Wildman–Crippen MR) is 93.5 cm³/mol. The summed E-state index contributed by atoms with van der Waals surface area (Å²) < 4.78 is 0. The number of hydrogen-bond donors (Lipinski definition) is 0. The molecule has 0 spiro atoms. The summed E-state index contributed by atoms with van der Waals surface area (Å²) in [4.78, 5) is 28.4. The summed E-state index contributed by atoms with van der Waals surface area (Å²) in [5, 5.41) is 0. The van der Waals surface area contributed by atoms with Gasteiger partial charge in [-0.1, -0.05) is 60.7 Å². The van der Waals surface area contributed by atoms with E-state index < -0.39 is 0 Å². The molecule has 0 aliphatic carbocycles. The van der Waals surface area contributed by atoms with Gasteiger partial charge in [0, 0.05) is 26.2 Å². The Hall–Kier alpha value is -2.62. The highest BCUT2D eigenvalue weighted by Gasteiger charge is 2.24. The van der Waals surface area contributed by atoms with E-state index in [1.807, 2.05) is 70.5 Å². The Bertz CT molecular complexity index is 616. The maximum Gasteiger partial charge on any atom is 0.227 e. The molecule has 3 rings (SSSR count). The van der Waals surface area contributed by atoms with Crippen molar-refractivity contribution in [1.29, 1.82) is 0 Å². The number of benzene rings is 2. The highest BCUT2D eigenvalue weighted by molar-refractivity contribution is 5.81. The molecule has 1 aliphatic rings. The van der Waals surface area contributed by atoms with Gasteiger partial charge in [0.25, 0.3) is 0 Å². The quantitative estimate of drug-likeness (QED) is 0.865. The first-order chi connectivity index (χ1) is 11.7. The van der Waals surface area contributed by atoms with E-state index in [0.29, 0.717) is 39.0 Å². The van der Waals surface area contributed by atoms with E-state index in [1.165, 1.54) is 0 Å². The monoisotopic (exact) mass is 322 g/mol. The highest BCUT2D eigenvalue weighted by Crippen LogP contribution is 2.09. The summed E-state index contributed by atoms with van der Waals surface area (Å²) in [7, 11) is 0. The van der Waals surface area contributed by atoms with Gasteiger partial charge in [0.05, 0.1) is 12.8 Å². The van der Waals surface area contributed by atoms with E-state index >= 15 is 0 Å². The molecule has 0 saturated carbocycles. The SMILES string of the molecule is O=C(Cc1ccccc1)N1CCN(C(=O)Cc2ccccc2)CC1. The molecule has 1 aliphatic heterocycles. The standard InChI is InChI=1S/C20H22N2O2/c23-19(15-17-7-3-1-4-8-17)21-11-13-22(14-12-21)20(24)16-18-9-5-2-6-10-18/h1-10H,11-16H2. The van der Waals surface area contributed by atoms with Crippen LogP contribution >= 0.6 is 0 Å². The van der Waals surface area contributed by atoms with Crippen LogP contribution in [0.5, 0.6) is 0 Å². The van der Waals surface area contributed by atoms with Crippen LogP contribution in [0.15, 0.2) is 60.7 Å². The fraction of sp³-hybridized carbons (Fsp3) is 0.300. The fourth-order valence-corrected chi connectivity index (χ4v) is 2.97. The van der Waals surface area contributed by atoms with Crippen molar-refractivity contribution < 1.29 is 9.59 Å². The summed E-state index contributed by atoms with van der Waals surface area (Å²) >= 11 is 0. The molecular weight excluding hydrogens is 300 g/mol. The smallest absolute Gasteiger partial charge is 0.227 e. The maximum absolute atomic E-state index is 12.4. The van der Waals surface area contributed by atoms with Crippen LogP contribution in [-0.2, 0) is 22.4 Å². The predicted octanol–water partition coefficient (Wildman–Crippen LogP) is 2.14. The van der Waals surface area contributed by atoms with Crippen LogP contribution in [0.1, 0.15) is 11.1 Å². The van der Waals surface area contributed by atoms with Crippen molar-refractivity contribution in [2.24, 2.45) is 0 Å². The second kappa shape index (κ2) is 7.77. The number of carbonyl (C=O) groups excluding carboxylic acids is 2. The average molecular weight is 322 g/mol. The molecule has 1 fully saturated rings. The molecule has 0 atom stereocenters. The fourth-order valence-electron chi connectivity index (χ4n) is 2.97. The van der Waals surface area contributed by atoms with Gasteiger partial charge in [-0.25, -0.2) is 0 Å². The molecule has 24 heavy (non-hydrogen) atoms. The molecule has 2 amide bonds. The Balaban J connectivity index is 1.48. The molecule has 4 heteroatoms. The number of amides is 2. The van der Waals surface area contributed by atoms with E-state index in [9.17, 15) is 9.59 Å². The first-order valence-electron chi connectivity index (χ1n) is 8.36. The van der Waals surface area contributed by atoms with E-state index in [2.05, 4.69) is 0 Å². The Labute approximate surface area is 142 Å². The van der Waals surface area contributed by atoms with Gasteiger partial charge in [0.15, 0.2) is 0 Å². The maximum atomic E-state index is 12.4. The van der Waals surface area contributed by atoms with Gasteiger partial charge in [0.2, 0.25) is 11.8 Å². The Kier molecular flexibility index (Phi) is 5.26. The van der Waals surface area contributed by atoms with Gasteiger partial charge in [-0.2, -0.15) is 0 Å². The van der Waals surface area contributed by atoms with Crippen LogP contribution in [0.4, 0.5) is 0 Å². The lowest BCUT2D eigenvalue weighted by Crippen LogP contribution is -2.51. The third kappa shape index (κ3) is 4.22. The Morgan fingerprint density at radius 3 is 1.29 bits per heavy atom. The molecule has 0 N–H and O–H groups in total. The lowest BCUT2D eigenvalue weighted by Gasteiger charge is -2.35. The molecule has 0 aromatic heterocycles. The number of rotatable bonds is 4. The zero-order valence-corrected chi connectivity index (χ0v) is 13.7. The van der Waals surface area contributed by atoms with Gasteiger partial charge < -0.3 is 9.80 Å². The molecule has 2 aromatic carbocycles. The zero-order valence-electron chi connectivity index (χ0n) is 13.7. The summed E-state index contributed by atoms with van der Waals surface area (Å²) in [5.74, 6) is 0.271. The minimum atomic E-state index is 0.136. The van der Waals surface area contributed by atoms with E-state index in [1.54, 1.807) is 0 Å². The molecule has 2 aromatic rings. The topological polar surface area (TPSA) is 40.6 Å². The molecule has 0 unspecified atom stereocenters. The molecule has 124 valence electrons. The normalized spacial score (nSPS) is 14.5. The van der Waals surface area contributed by atoms with Crippen molar-refractivity contribution in [3.63, 3.8) is 0 Å². The van der Waals surface area contributed by atoms with Gasteiger partial charge in [-0.3, -0.25) is 9.59 Å². The zero-order chi connectivity index (χ0) is 16.8. The van der Waals surface area contributed by atoms with Gasteiger partial charge in [-0.05, 0) is 11.1 Å². The van der Waals surface area contributed by atoms with Crippen LogP contribution in [-0.4, -0.2) is 47.8 Å².